The minimum Gasteiger partial charge on any atom is -0.464 e. The molecule has 2 N–H and O–H groups in total. The number of carbonyl (C=O) groups is 1. The molecule has 0 amide bonds. The fraction of sp³-hybridized carbons (Fsp3) is 0.667. The molecule has 0 aromatic carbocycles. The lowest BCUT2D eigenvalue weighted by molar-refractivity contribution is 0.0595. The quantitative estimate of drug-likeness (QED) is 0.807. The van der Waals surface area contributed by atoms with E-state index in [9.17, 15) is 13.2 Å². The van der Waals surface area contributed by atoms with Gasteiger partial charge in [0.1, 0.15) is 11.6 Å². The predicted molar refractivity (Wildman–Crippen MR) is 74.2 cm³/mol. The molecule has 1 aliphatic heterocycles. The Hall–Kier alpha value is -1.57. The number of nitrogens with two attached hydrogens (primary N) is 1. The normalized spacial score (nSPS) is 21.0. The predicted octanol–water partition coefficient (Wildman–Crippen LogP) is 0.391. The van der Waals surface area contributed by atoms with Crippen LogP contribution in [0.3, 0.4) is 0 Å². The second-order valence-corrected chi connectivity index (χ2v) is 7.25. The third kappa shape index (κ3) is 2.52. The van der Waals surface area contributed by atoms with Crippen LogP contribution in [-0.4, -0.2) is 42.1 Å². The molecule has 0 spiro atoms. The van der Waals surface area contributed by atoms with Crippen molar-refractivity contribution in [1.29, 1.82) is 0 Å². The van der Waals surface area contributed by atoms with Crippen LogP contribution in [-0.2, 0) is 27.5 Å². The molecule has 20 heavy (non-hydrogen) atoms. The maximum atomic E-state index is 11.9. The largest absolute Gasteiger partial charge is 0.464 e. The fourth-order valence-corrected chi connectivity index (χ4v) is 4.31. The average molecular weight is 301 g/mol. The minimum absolute atomic E-state index is 0.0553. The zero-order valence-corrected chi connectivity index (χ0v) is 12.4. The van der Waals surface area contributed by atoms with E-state index in [1.165, 1.54) is 7.11 Å². The van der Waals surface area contributed by atoms with Crippen LogP contribution in [0.4, 0.5) is 5.82 Å². The Labute approximate surface area is 118 Å². The second-order valence-electron chi connectivity index (χ2n) is 4.85. The molecular weight excluding hydrogens is 282 g/mol. The zero-order chi connectivity index (χ0) is 14.9. The summed E-state index contributed by atoms with van der Waals surface area (Å²) >= 11 is 0. The number of sulfone groups is 1. The number of hydrogen-bond donors (Lipinski definition) is 1. The Morgan fingerprint density at radius 2 is 2.25 bits per heavy atom. The third-order valence-electron chi connectivity index (χ3n) is 3.63. The molecule has 1 aliphatic rings. The number of imidazole rings is 1. The van der Waals surface area contributed by atoms with E-state index >= 15 is 0 Å². The number of ether oxygens (including phenoxy) is 1. The van der Waals surface area contributed by atoms with Crippen molar-refractivity contribution in [2.75, 3.05) is 18.6 Å². The highest BCUT2D eigenvalue weighted by atomic mass is 32.2. The Bertz CT molecular complexity index is 621. The molecule has 112 valence electrons. The number of esters is 1. The van der Waals surface area contributed by atoms with Gasteiger partial charge in [-0.3, -0.25) is 0 Å². The first-order chi connectivity index (χ1) is 9.40. The SMILES string of the molecule is CCc1nc(C(=O)OC)c(N)n1CC1CCCS1(=O)=O. The summed E-state index contributed by atoms with van der Waals surface area (Å²) in [6.07, 6.45) is 1.86. The summed E-state index contributed by atoms with van der Waals surface area (Å²) in [4.78, 5) is 15.7. The summed E-state index contributed by atoms with van der Waals surface area (Å²) in [5.41, 5.74) is 5.98. The summed E-state index contributed by atoms with van der Waals surface area (Å²) < 4.78 is 30.1. The van der Waals surface area contributed by atoms with Gasteiger partial charge in [0.05, 0.1) is 18.1 Å². The van der Waals surface area contributed by atoms with Crippen LogP contribution in [0.5, 0.6) is 0 Å². The smallest absolute Gasteiger partial charge is 0.360 e. The topological polar surface area (TPSA) is 104 Å². The van der Waals surface area contributed by atoms with E-state index in [1.54, 1.807) is 4.57 Å². The highest BCUT2D eigenvalue weighted by Crippen LogP contribution is 2.25. The van der Waals surface area contributed by atoms with Crippen molar-refractivity contribution >= 4 is 21.6 Å². The van der Waals surface area contributed by atoms with Gasteiger partial charge in [0.2, 0.25) is 0 Å². The monoisotopic (exact) mass is 301 g/mol. The molecule has 1 aromatic heterocycles. The van der Waals surface area contributed by atoms with Crippen molar-refractivity contribution in [1.82, 2.24) is 9.55 Å². The first-order valence-electron chi connectivity index (χ1n) is 6.55. The van der Waals surface area contributed by atoms with Crippen LogP contribution in [0.1, 0.15) is 36.1 Å². The highest BCUT2D eigenvalue weighted by Gasteiger charge is 2.33. The summed E-state index contributed by atoms with van der Waals surface area (Å²) in [6, 6.07) is 0. The van der Waals surface area contributed by atoms with Crippen molar-refractivity contribution in [3.8, 4) is 0 Å². The first-order valence-corrected chi connectivity index (χ1v) is 8.27. The molecule has 7 nitrogen and oxygen atoms in total. The Morgan fingerprint density at radius 1 is 1.55 bits per heavy atom. The van der Waals surface area contributed by atoms with E-state index in [0.717, 1.165) is 0 Å². The molecule has 1 atom stereocenters. The Kier molecular flexibility index (Phi) is 4.03. The number of anilines is 1. The summed E-state index contributed by atoms with van der Waals surface area (Å²) in [5.74, 6) is 0.392. The molecule has 2 heterocycles. The number of aromatic nitrogens is 2. The molecule has 8 heteroatoms. The lowest BCUT2D eigenvalue weighted by Gasteiger charge is -2.13. The number of methoxy groups -OCH3 is 1. The summed E-state index contributed by atoms with van der Waals surface area (Å²) in [6.45, 7) is 2.13. The molecule has 1 unspecified atom stereocenters. The zero-order valence-electron chi connectivity index (χ0n) is 11.6. The summed E-state index contributed by atoms with van der Waals surface area (Å²) in [5, 5.41) is -0.449. The molecule has 0 bridgehead atoms. The lowest BCUT2D eigenvalue weighted by atomic mass is 10.2. The van der Waals surface area contributed by atoms with Gasteiger partial charge < -0.3 is 15.0 Å². The van der Waals surface area contributed by atoms with Crippen LogP contribution >= 0.6 is 0 Å². The lowest BCUT2D eigenvalue weighted by Crippen LogP contribution is -2.24. The second kappa shape index (κ2) is 5.43. The molecule has 0 radical (unpaired) electrons. The van der Waals surface area contributed by atoms with Crippen LogP contribution < -0.4 is 5.73 Å². The summed E-state index contributed by atoms with van der Waals surface area (Å²) in [7, 11) is -1.81. The number of aryl methyl sites for hydroxylation is 1. The number of nitrogens with zero attached hydrogens (tertiary/aromatic N) is 2. The van der Waals surface area contributed by atoms with Gasteiger partial charge in [-0.25, -0.2) is 18.2 Å². The van der Waals surface area contributed by atoms with E-state index in [0.29, 0.717) is 25.1 Å². The van der Waals surface area contributed by atoms with E-state index in [-0.39, 0.29) is 23.8 Å². The van der Waals surface area contributed by atoms with Crippen LogP contribution in [0, 0.1) is 0 Å². The van der Waals surface area contributed by atoms with Gasteiger partial charge in [0.15, 0.2) is 15.5 Å². The van der Waals surface area contributed by atoms with Crippen molar-refractivity contribution in [2.45, 2.75) is 38.0 Å². The van der Waals surface area contributed by atoms with Gasteiger partial charge in [-0.05, 0) is 12.8 Å². The maximum Gasteiger partial charge on any atom is 0.360 e. The maximum absolute atomic E-state index is 11.9. The van der Waals surface area contributed by atoms with Crippen LogP contribution in [0.25, 0.3) is 0 Å². The standard InChI is InChI=1S/C12H19N3O4S/c1-3-9-14-10(12(16)19-2)11(13)15(9)7-8-5-4-6-20(8,17)18/h8H,3-7,13H2,1-2H3. The molecule has 1 aromatic rings. The van der Waals surface area contributed by atoms with Gasteiger partial charge in [-0.1, -0.05) is 6.92 Å². The van der Waals surface area contributed by atoms with Gasteiger partial charge in [-0.15, -0.1) is 0 Å². The van der Waals surface area contributed by atoms with E-state index < -0.39 is 21.1 Å². The van der Waals surface area contributed by atoms with Crippen molar-refractivity contribution < 1.29 is 17.9 Å². The molecule has 1 fully saturated rings. The number of hydrogen-bond acceptors (Lipinski definition) is 6. The first kappa shape index (κ1) is 14.8. The van der Waals surface area contributed by atoms with Gasteiger partial charge in [-0.2, -0.15) is 0 Å². The Morgan fingerprint density at radius 3 is 2.75 bits per heavy atom. The highest BCUT2D eigenvalue weighted by molar-refractivity contribution is 7.92. The van der Waals surface area contributed by atoms with Crippen molar-refractivity contribution in [3.63, 3.8) is 0 Å². The van der Waals surface area contributed by atoms with E-state index in [4.69, 9.17) is 5.73 Å². The van der Waals surface area contributed by atoms with Crippen LogP contribution in [0.15, 0.2) is 0 Å². The molecule has 2 rings (SSSR count). The molecule has 0 saturated carbocycles. The minimum atomic E-state index is -3.06. The molecule has 1 saturated heterocycles. The Balaban J connectivity index is 2.36. The molecule has 0 aliphatic carbocycles. The van der Waals surface area contributed by atoms with E-state index in [2.05, 4.69) is 9.72 Å². The van der Waals surface area contributed by atoms with Crippen molar-refractivity contribution in [3.05, 3.63) is 11.5 Å². The van der Waals surface area contributed by atoms with Gasteiger partial charge in [0, 0.05) is 13.0 Å². The number of nitrogen functional groups attached to an aromatic ring is 1. The van der Waals surface area contributed by atoms with Crippen LogP contribution in [0.2, 0.25) is 0 Å². The number of carbonyl (C=O) groups excluding carboxylic acids is 1. The van der Waals surface area contributed by atoms with E-state index in [1.807, 2.05) is 6.92 Å². The van der Waals surface area contributed by atoms with Crippen molar-refractivity contribution in [2.24, 2.45) is 0 Å². The third-order valence-corrected chi connectivity index (χ3v) is 5.89. The molecular formula is C12H19N3O4S. The average Bonchev–Trinajstić information content (AvgIpc) is 2.91. The number of rotatable bonds is 4. The fourth-order valence-electron chi connectivity index (χ4n) is 2.50. The van der Waals surface area contributed by atoms with Gasteiger partial charge >= 0.3 is 5.97 Å². The van der Waals surface area contributed by atoms with Gasteiger partial charge in [0.25, 0.3) is 0 Å².